The number of carbonyl (C=O) groups excluding carboxylic acids is 1. The molecule has 1 unspecified atom stereocenters. The molecule has 2 aromatic carbocycles. The third-order valence-electron chi connectivity index (χ3n) is 6.41. The minimum atomic E-state index is -3.67. The molecule has 1 saturated heterocycles. The smallest absolute Gasteiger partial charge is 0.243 e. The predicted molar refractivity (Wildman–Crippen MR) is 131 cm³/mol. The summed E-state index contributed by atoms with van der Waals surface area (Å²) in [6.07, 6.45) is 3.87. The third kappa shape index (κ3) is 4.90. The van der Waals surface area contributed by atoms with Crippen molar-refractivity contribution in [1.29, 1.82) is 0 Å². The SMILES string of the molecule is COc1ccc(CCNC(=O)C2CCCN(S(=O)(=O)c3ccc4c(ccn4C)c3)C2)cc1OC. The van der Waals surface area contributed by atoms with Crippen LogP contribution in [0.15, 0.2) is 53.6 Å². The number of amides is 1. The second kappa shape index (κ2) is 10.1. The highest BCUT2D eigenvalue weighted by Crippen LogP contribution is 2.28. The van der Waals surface area contributed by atoms with Gasteiger partial charge in [0.2, 0.25) is 15.9 Å². The van der Waals surface area contributed by atoms with E-state index in [9.17, 15) is 13.2 Å². The van der Waals surface area contributed by atoms with E-state index < -0.39 is 10.0 Å². The van der Waals surface area contributed by atoms with Crippen molar-refractivity contribution in [1.82, 2.24) is 14.2 Å². The van der Waals surface area contributed by atoms with E-state index in [2.05, 4.69) is 5.32 Å². The number of fused-ring (bicyclic) bond motifs is 1. The van der Waals surface area contributed by atoms with E-state index in [4.69, 9.17) is 9.47 Å². The zero-order valence-electron chi connectivity index (χ0n) is 19.8. The Kier molecular flexibility index (Phi) is 7.13. The van der Waals surface area contributed by atoms with Crippen LogP contribution >= 0.6 is 0 Å². The van der Waals surface area contributed by atoms with Crippen LogP contribution in [0.1, 0.15) is 18.4 Å². The van der Waals surface area contributed by atoms with Crippen molar-refractivity contribution in [3.05, 3.63) is 54.2 Å². The number of benzene rings is 2. The van der Waals surface area contributed by atoms with Crippen LogP contribution in [0.5, 0.6) is 11.5 Å². The summed E-state index contributed by atoms with van der Waals surface area (Å²) < 4.78 is 40.5. The summed E-state index contributed by atoms with van der Waals surface area (Å²) in [5, 5.41) is 3.85. The molecule has 1 aromatic heterocycles. The van der Waals surface area contributed by atoms with Gasteiger partial charge in [0.05, 0.1) is 25.0 Å². The Bertz CT molecular complexity index is 1280. The van der Waals surface area contributed by atoms with Gasteiger partial charge in [-0.15, -0.1) is 0 Å². The molecule has 1 amide bonds. The third-order valence-corrected chi connectivity index (χ3v) is 8.27. The average molecular weight is 486 g/mol. The number of methoxy groups -OCH3 is 2. The fourth-order valence-corrected chi connectivity index (χ4v) is 6.01. The van der Waals surface area contributed by atoms with Gasteiger partial charge in [-0.1, -0.05) is 6.07 Å². The molecule has 2 heterocycles. The van der Waals surface area contributed by atoms with E-state index in [1.165, 1.54) is 4.31 Å². The molecule has 1 aliphatic heterocycles. The van der Waals surface area contributed by atoms with Crippen LogP contribution in [0, 0.1) is 5.92 Å². The van der Waals surface area contributed by atoms with Crippen LogP contribution in [-0.2, 0) is 28.3 Å². The number of nitrogens with zero attached hydrogens (tertiary/aromatic N) is 2. The molecule has 0 radical (unpaired) electrons. The summed E-state index contributed by atoms with van der Waals surface area (Å²) in [6.45, 7) is 1.07. The number of aromatic nitrogens is 1. The minimum Gasteiger partial charge on any atom is -0.493 e. The highest BCUT2D eigenvalue weighted by Gasteiger charge is 2.33. The summed E-state index contributed by atoms with van der Waals surface area (Å²) in [5.74, 6) is 0.826. The van der Waals surface area contributed by atoms with Crippen LogP contribution in [0.25, 0.3) is 10.9 Å². The first-order chi connectivity index (χ1) is 16.3. The highest BCUT2D eigenvalue weighted by atomic mass is 32.2. The van der Waals surface area contributed by atoms with Gasteiger partial charge in [0.25, 0.3) is 0 Å². The molecule has 0 saturated carbocycles. The minimum absolute atomic E-state index is 0.112. The van der Waals surface area contributed by atoms with Gasteiger partial charge >= 0.3 is 0 Å². The van der Waals surface area contributed by atoms with Crippen molar-refractivity contribution in [2.24, 2.45) is 13.0 Å². The van der Waals surface area contributed by atoms with E-state index in [1.54, 1.807) is 26.4 Å². The molecule has 1 aliphatic rings. The fourth-order valence-electron chi connectivity index (χ4n) is 4.45. The Labute approximate surface area is 200 Å². The Balaban J connectivity index is 1.37. The van der Waals surface area contributed by atoms with Crippen LogP contribution in [-0.4, -0.2) is 57.1 Å². The number of carbonyl (C=O) groups is 1. The van der Waals surface area contributed by atoms with E-state index in [0.717, 1.165) is 16.5 Å². The van der Waals surface area contributed by atoms with Gasteiger partial charge in [-0.2, -0.15) is 4.31 Å². The molecule has 1 fully saturated rings. The molecule has 4 rings (SSSR count). The molecule has 0 bridgehead atoms. The number of sulfonamides is 1. The lowest BCUT2D eigenvalue weighted by Gasteiger charge is -2.31. The van der Waals surface area contributed by atoms with Crippen molar-refractivity contribution in [3.8, 4) is 11.5 Å². The summed E-state index contributed by atoms with van der Waals surface area (Å²) in [4.78, 5) is 13.1. The van der Waals surface area contributed by atoms with Crippen molar-refractivity contribution in [2.45, 2.75) is 24.2 Å². The monoisotopic (exact) mass is 485 g/mol. The van der Waals surface area contributed by atoms with Crippen LogP contribution in [0.2, 0.25) is 0 Å². The molecule has 9 heteroatoms. The second-order valence-electron chi connectivity index (χ2n) is 8.58. The van der Waals surface area contributed by atoms with Gasteiger partial charge in [-0.05, 0) is 61.2 Å². The molecule has 1 atom stereocenters. The summed E-state index contributed by atoms with van der Waals surface area (Å²) >= 11 is 0. The first-order valence-electron chi connectivity index (χ1n) is 11.4. The number of aryl methyl sites for hydroxylation is 1. The Hall–Kier alpha value is -3.04. The Morgan fingerprint density at radius 2 is 1.88 bits per heavy atom. The standard InChI is InChI=1S/C25H31N3O5S/c1-27-14-11-19-16-21(7-8-22(19)27)34(30,31)28-13-4-5-20(17-28)25(29)26-12-10-18-6-9-23(32-2)24(15-18)33-3/h6-9,11,14-16,20H,4-5,10,12-13,17H2,1-3H3,(H,26,29). The lowest BCUT2D eigenvalue weighted by Crippen LogP contribution is -2.45. The first kappa shape index (κ1) is 24.1. The van der Waals surface area contributed by atoms with E-state index in [1.807, 2.05) is 48.1 Å². The van der Waals surface area contributed by atoms with Gasteiger partial charge in [-0.25, -0.2) is 8.42 Å². The molecule has 0 aliphatic carbocycles. The molecule has 182 valence electrons. The zero-order valence-corrected chi connectivity index (χ0v) is 20.6. The maximum absolute atomic E-state index is 13.3. The molecular formula is C25H31N3O5S. The number of hydrogen-bond acceptors (Lipinski definition) is 5. The van der Waals surface area contributed by atoms with Gasteiger partial charge in [0.1, 0.15) is 0 Å². The number of nitrogens with one attached hydrogen (secondary N) is 1. The summed E-state index contributed by atoms with van der Waals surface area (Å²) in [6, 6.07) is 12.7. The maximum atomic E-state index is 13.3. The molecule has 3 aromatic rings. The van der Waals surface area contributed by atoms with Gasteiger partial charge in [0.15, 0.2) is 11.5 Å². The zero-order chi connectivity index (χ0) is 24.3. The largest absolute Gasteiger partial charge is 0.493 e. The highest BCUT2D eigenvalue weighted by molar-refractivity contribution is 7.89. The normalized spacial score (nSPS) is 17.0. The fraction of sp³-hybridized carbons (Fsp3) is 0.400. The molecule has 1 N–H and O–H groups in total. The van der Waals surface area contributed by atoms with E-state index in [0.29, 0.717) is 43.9 Å². The van der Waals surface area contributed by atoms with Crippen LogP contribution in [0.4, 0.5) is 0 Å². The Morgan fingerprint density at radius 3 is 2.65 bits per heavy atom. The van der Waals surface area contributed by atoms with Crippen molar-refractivity contribution in [2.75, 3.05) is 33.9 Å². The Morgan fingerprint density at radius 1 is 1.09 bits per heavy atom. The summed E-state index contributed by atoms with van der Waals surface area (Å²) in [5.41, 5.74) is 1.99. The lowest BCUT2D eigenvalue weighted by atomic mass is 9.99. The van der Waals surface area contributed by atoms with Crippen molar-refractivity contribution in [3.63, 3.8) is 0 Å². The van der Waals surface area contributed by atoms with E-state index in [-0.39, 0.29) is 23.3 Å². The van der Waals surface area contributed by atoms with Gasteiger partial charge in [0, 0.05) is 43.8 Å². The van der Waals surface area contributed by atoms with Crippen LogP contribution in [0.3, 0.4) is 0 Å². The average Bonchev–Trinajstić information content (AvgIpc) is 3.23. The second-order valence-corrected chi connectivity index (χ2v) is 10.5. The number of hydrogen-bond donors (Lipinski definition) is 1. The van der Waals surface area contributed by atoms with Crippen molar-refractivity contribution >= 4 is 26.8 Å². The van der Waals surface area contributed by atoms with Gasteiger partial charge < -0.3 is 19.4 Å². The predicted octanol–water partition coefficient (Wildman–Crippen LogP) is 2.96. The quantitative estimate of drug-likeness (QED) is 0.530. The number of rotatable bonds is 8. The topological polar surface area (TPSA) is 89.9 Å². The van der Waals surface area contributed by atoms with Gasteiger partial charge in [-0.3, -0.25) is 4.79 Å². The number of piperidine rings is 1. The first-order valence-corrected chi connectivity index (χ1v) is 12.8. The molecule has 34 heavy (non-hydrogen) atoms. The summed E-state index contributed by atoms with van der Waals surface area (Å²) in [7, 11) is 1.43. The molecule has 8 nitrogen and oxygen atoms in total. The van der Waals surface area contributed by atoms with Crippen molar-refractivity contribution < 1.29 is 22.7 Å². The maximum Gasteiger partial charge on any atom is 0.243 e. The lowest BCUT2D eigenvalue weighted by molar-refractivity contribution is -0.126. The molecule has 0 spiro atoms. The number of ether oxygens (including phenoxy) is 2. The van der Waals surface area contributed by atoms with E-state index >= 15 is 0 Å². The molecular weight excluding hydrogens is 454 g/mol. The van der Waals surface area contributed by atoms with Crippen LogP contribution < -0.4 is 14.8 Å².